The third-order valence-electron chi connectivity index (χ3n) is 5.38. The van der Waals surface area contributed by atoms with Crippen LogP contribution in [-0.4, -0.2) is 35.1 Å². The lowest BCUT2D eigenvalue weighted by molar-refractivity contribution is 0.0641. The van der Waals surface area contributed by atoms with Crippen LogP contribution >= 0.6 is 15.9 Å². The number of halogens is 3. The molecule has 0 saturated heterocycles. The first-order valence-electron chi connectivity index (χ1n) is 10.0. The maximum absolute atomic E-state index is 14.2. The maximum Gasteiger partial charge on any atom is 0.264 e. The molecule has 176 valence electrons. The molecule has 0 radical (unpaired) electrons. The first-order valence-corrected chi connectivity index (χ1v) is 12.3. The minimum absolute atomic E-state index is 0.0673. The first-order chi connectivity index (χ1) is 16.7. The topological polar surface area (TPSA) is 109 Å². The largest absolute Gasteiger partial charge is 0.279 e. The zero-order chi connectivity index (χ0) is 24.9. The standard InChI is InChI=1S/C23H13BrF2N4O4S/c24-13-8-15-20(23(32)30(22(15)31)11-12-4-5-14(25)10-16(12)26)18(9-13)29-35(33,34)19-3-1-2-17-21(19)28-7-6-27-17/h1-10,29H,11H2. The van der Waals surface area contributed by atoms with Crippen molar-refractivity contribution in [3.8, 4) is 0 Å². The number of para-hydroxylation sites is 1. The molecule has 1 aliphatic heterocycles. The molecule has 4 aromatic rings. The second kappa shape index (κ2) is 8.47. The van der Waals surface area contributed by atoms with Crippen molar-refractivity contribution in [1.29, 1.82) is 0 Å². The van der Waals surface area contributed by atoms with Crippen molar-refractivity contribution in [2.24, 2.45) is 0 Å². The highest BCUT2D eigenvalue weighted by molar-refractivity contribution is 9.10. The van der Waals surface area contributed by atoms with Crippen molar-refractivity contribution in [2.45, 2.75) is 11.4 Å². The molecule has 2 amide bonds. The molecular weight excluding hydrogens is 546 g/mol. The number of hydrogen-bond acceptors (Lipinski definition) is 6. The van der Waals surface area contributed by atoms with Crippen LogP contribution in [0.25, 0.3) is 11.0 Å². The normalized spacial score (nSPS) is 13.4. The predicted octanol–water partition coefficient (Wildman–Crippen LogP) is 4.27. The van der Waals surface area contributed by atoms with Gasteiger partial charge in [-0.05, 0) is 30.3 Å². The smallest absolute Gasteiger partial charge is 0.264 e. The van der Waals surface area contributed by atoms with Gasteiger partial charge in [0.25, 0.3) is 21.8 Å². The number of hydrogen-bond donors (Lipinski definition) is 1. The first kappa shape index (κ1) is 23.0. The van der Waals surface area contributed by atoms with Crippen LogP contribution in [0.3, 0.4) is 0 Å². The summed E-state index contributed by atoms with van der Waals surface area (Å²) in [6, 6.07) is 9.97. The van der Waals surface area contributed by atoms with Crippen molar-refractivity contribution < 1.29 is 26.8 Å². The molecule has 35 heavy (non-hydrogen) atoms. The molecule has 0 atom stereocenters. The number of imide groups is 1. The Balaban J connectivity index is 1.55. The van der Waals surface area contributed by atoms with Gasteiger partial charge in [-0.25, -0.2) is 17.2 Å². The minimum atomic E-state index is -4.26. The third kappa shape index (κ3) is 4.04. The quantitative estimate of drug-likeness (QED) is 0.366. The minimum Gasteiger partial charge on any atom is -0.279 e. The van der Waals surface area contributed by atoms with Gasteiger partial charge in [0.2, 0.25) is 0 Å². The van der Waals surface area contributed by atoms with Crippen LogP contribution < -0.4 is 4.72 Å². The molecule has 0 bridgehead atoms. The molecule has 0 fully saturated rings. The molecule has 12 heteroatoms. The van der Waals surface area contributed by atoms with Crippen molar-refractivity contribution in [1.82, 2.24) is 14.9 Å². The molecule has 0 aliphatic carbocycles. The number of benzene rings is 3. The van der Waals surface area contributed by atoms with E-state index in [1.165, 1.54) is 36.7 Å². The van der Waals surface area contributed by atoms with Gasteiger partial charge in [0.1, 0.15) is 22.0 Å². The lowest BCUT2D eigenvalue weighted by Gasteiger charge is -2.15. The van der Waals surface area contributed by atoms with Crippen LogP contribution in [-0.2, 0) is 16.6 Å². The van der Waals surface area contributed by atoms with Crippen LogP contribution in [0.2, 0.25) is 0 Å². The van der Waals surface area contributed by atoms with Gasteiger partial charge in [-0.3, -0.25) is 29.2 Å². The van der Waals surface area contributed by atoms with Crippen molar-refractivity contribution in [3.63, 3.8) is 0 Å². The van der Waals surface area contributed by atoms with E-state index in [0.717, 1.165) is 17.0 Å². The summed E-state index contributed by atoms with van der Waals surface area (Å²) in [5.74, 6) is -3.28. The maximum atomic E-state index is 14.2. The number of carbonyl (C=O) groups excluding carboxylic acids is 2. The Hall–Kier alpha value is -3.77. The molecule has 1 aromatic heterocycles. The summed E-state index contributed by atoms with van der Waals surface area (Å²) in [5, 5.41) is 0. The van der Waals surface area contributed by atoms with Crippen molar-refractivity contribution in [3.05, 3.63) is 93.7 Å². The summed E-state index contributed by atoms with van der Waals surface area (Å²) in [4.78, 5) is 35.0. The summed E-state index contributed by atoms with van der Waals surface area (Å²) in [6.45, 7) is -0.457. The molecule has 1 aliphatic rings. The number of aromatic nitrogens is 2. The number of amides is 2. The summed E-state index contributed by atoms with van der Waals surface area (Å²) in [6.07, 6.45) is 2.78. The van der Waals surface area contributed by atoms with Gasteiger partial charge in [0.05, 0.1) is 28.9 Å². The van der Waals surface area contributed by atoms with Gasteiger partial charge in [0, 0.05) is 28.5 Å². The molecule has 8 nitrogen and oxygen atoms in total. The van der Waals surface area contributed by atoms with E-state index in [4.69, 9.17) is 0 Å². The second-order valence-electron chi connectivity index (χ2n) is 7.59. The number of sulfonamides is 1. The van der Waals surface area contributed by atoms with Gasteiger partial charge in [0.15, 0.2) is 0 Å². The van der Waals surface area contributed by atoms with Crippen LogP contribution in [0.4, 0.5) is 14.5 Å². The van der Waals surface area contributed by atoms with E-state index in [-0.39, 0.29) is 32.8 Å². The van der Waals surface area contributed by atoms with E-state index in [2.05, 4.69) is 30.6 Å². The number of fused-ring (bicyclic) bond motifs is 2. The number of carbonyl (C=O) groups is 2. The Bertz CT molecular complexity index is 1660. The van der Waals surface area contributed by atoms with Gasteiger partial charge < -0.3 is 0 Å². The van der Waals surface area contributed by atoms with Crippen molar-refractivity contribution in [2.75, 3.05) is 4.72 Å². The van der Waals surface area contributed by atoms with E-state index >= 15 is 0 Å². The fourth-order valence-electron chi connectivity index (χ4n) is 3.81. The lowest BCUT2D eigenvalue weighted by Crippen LogP contribution is -2.29. The van der Waals surface area contributed by atoms with E-state index in [1.807, 2.05) is 0 Å². The SMILES string of the molecule is O=C1c2cc(Br)cc(NS(=O)(=O)c3cccc4nccnc34)c2C(=O)N1Cc1ccc(F)cc1F. The average molecular weight is 559 g/mol. The molecule has 3 aromatic carbocycles. The molecule has 0 unspecified atom stereocenters. The fraction of sp³-hybridized carbons (Fsp3) is 0.0435. The van der Waals surface area contributed by atoms with Crippen LogP contribution in [0.15, 0.2) is 70.3 Å². The zero-order valence-corrected chi connectivity index (χ0v) is 19.9. The molecule has 0 spiro atoms. The van der Waals surface area contributed by atoms with E-state index in [9.17, 15) is 26.8 Å². The summed E-state index contributed by atoms with van der Waals surface area (Å²) < 4.78 is 56.7. The van der Waals surface area contributed by atoms with E-state index in [0.29, 0.717) is 16.1 Å². The fourth-order valence-corrected chi connectivity index (χ4v) is 5.49. The molecule has 1 N–H and O–H groups in total. The van der Waals surface area contributed by atoms with Gasteiger partial charge in [-0.15, -0.1) is 0 Å². The van der Waals surface area contributed by atoms with Gasteiger partial charge in [-0.2, -0.15) is 0 Å². The summed E-state index contributed by atoms with van der Waals surface area (Å²) in [5.41, 5.74) is 0.0172. The molecule has 0 saturated carbocycles. The Morgan fingerprint density at radius 1 is 0.971 bits per heavy atom. The molecular formula is C23H13BrF2N4O4S. The Morgan fingerprint density at radius 3 is 2.51 bits per heavy atom. The van der Waals surface area contributed by atoms with Crippen molar-refractivity contribution >= 4 is 54.5 Å². The predicted molar refractivity (Wildman–Crippen MR) is 125 cm³/mol. The highest BCUT2D eigenvalue weighted by atomic mass is 79.9. The van der Waals surface area contributed by atoms with Gasteiger partial charge >= 0.3 is 0 Å². The summed E-state index contributed by atoms with van der Waals surface area (Å²) in [7, 11) is -4.26. The van der Waals surface area contributed by atoms with Crippen LogP contribution in [0.5, 0.6) is 0 Å². The lowest BCUT2D eigenvalue weighted by atomic mass is 10.1. The second-order valence-corrected chi connectivity index (χ2v) is 10.2. The highest BCUT2D eigenvalue weighted by Gasteiger charge is 2.39. The molecule has 5 rings (SSSR count). The number of rotatable bonds is 5. The Labute approximate surface area is 205 Å². The third-order valence-corrected chi connectivity index (χ3v) is 7.23. The number of nitrogens with one attached hydrogen (secondary N) is 1. The van der Waals surface area contributed by atoms with Crippen LogP contribution in [0, 0.1) is 11.6 Å². The van der Waals surface area contributed by atoms with E-state index in [1.54, 1.807) is 6.07 Å². The average Bonchev–Trinajstić information content (AvgIpc) is 3.04. The number of anilines is 1. The number of nitrogens with zero attached hydrogens (tertiary/aromatic N) is 3. The zero-order valence-electron chi connectivity index (χ0n) is 17.5. The van der Waals surface area contributed by atoms with Gasteiger partial charge in [-0.1, -0.05) is 28.1 Å². The highest BCUT2D eigenvalue weighted by Crippen LogP contribution is 2.35. The van der Waals surface area contributed by atoms with E-state index < -0.39 is 40.0 Å². The van der Waals surface area contributed by atoms with Crippen LogP contribution in [0.1, 0.15) is 26.3 Å². The Kier molecular flexibility index (Phi) is 5.56. The summed E-state index contributed by atoms with van der Waals surface area (Å²) >= 11 is 3.23. The monoisotopic (exact) mass is 558 g/mol. The molecule has 2 heterocycles. The Morgan fingerprint density at radius 2 is 1.74 bits per heavy atom.